The van der Waals surface area contributed by atoms with Gasteiger partial charge in [0.2, 0.25) is 0 Å². The Morgan fingerprint density at radius 2 is 1.94 bits per heavy atom. The van der Waals surface area contributed by atoms with Crippen LogP contribution in [0.25, 0.3) is 32.2 Å². The fraction of sp³-hybridized carbons (Fsp3) is 0.357. The average molecular weight is 484 g/mol. The number of piperidine rings is 1. The van der Waals surface area contributed by atoms with E-state index in [0.717, 1.165) is 55.9 Å². The van der Waals surface area contributed by atoms with Crippen molar-refractivity contribution in [2.45, 2.75) is 25.8 Å². The number of fused-ring (bicyclic) bond motifs is 5. The van der Waals surface area contributed by atoms with E-state index in [4.69, 9.17) is 4.98 Å². The number of nitrogens with one attached hydrogen (secondary N) is 3. The maximum absolute atomic E-state index is 12.7. The maximum atomic E-state index is 12.7. The Morgan fingerprint density at radius 1 is 1.09 bits per heavy atom. The van der Waals surface area contributed by atoms with Crippen molar-refractivity contribution in [2.24, 2.45) is 5.41 Å². The van der Waals surface area contributed by atoms with Crippen LogP contribution in [0.15, 0.2) is 48.5 Å². The zero-order valence-corrected chi connectivity index (χ0v) is 20.7. The highest BCUT2D eigenvalue weighted by molar-refractivity contribution is 7.21. The number of carbonyl (C=O) groups excluding carboxylic acids is 1. The van der Waals surface area contributed by atoms with Crippen LogP contribution in [0.1, 0.15) is 29.4 Å². The third kappa shape index (κ3) is 3.48. The van der Waals surface area contributed by atoms with Crippen LogP contribution in [0.2, 0.25) is 0 Å². The number of amides is 1. The molecule has 2 saturated heterocycles. The fourth-order valence-corrected chi connectivity index (χ4v) is 6.92. The number of hydrogen-bond acceptors (Lipinski definition) is 6. The quantitative estimate of drug-likeness (QED) is 0.380. The second-order valence-electron chi connectivity index (χ2n) is 10.4. The number of rotatable bonds is 2. The van der Waals surface area contributed by atoms with E-state index in [9.17, 15) is 4.79 Å². The number of benzene rings is 2. The van der Waals surface area contributed by atoms with Crippen molar-refractivity contribution in [3.8, 4) is 11.3 Å². The van der Waals surface area contributed by atoms with Crippen molar-refractivity contribution in [2.75, 3.05) is 42.9 Å². The molecule has 3 aliphatic heterocycles. The lowest BCUT2D eigenvalue weighted by molar-refractivity contribution is 0.0949. The molecule has 2 aromatic carbocycles. The van der Waals surface area contributed by atoms with Crippen molar-refractivity contribution >= 4 is 49.6 Å². The van der Waals surface area contributed by atoms with Gasteiger partial charge in [-0.2, -0.15) is 0 Å². The smallest absolute Gasteiger partial charge is 0.263 e. The summed E-state index contributed by atoms with van der Waals surface area (Å²) in [5.74, 6) is 0.00505. The Labute approximate surface area is 208 Å². The SMILES string of the molecule is C[C@@H]1CNc2c(sc3ccc4nc(-c5cccc(N6CCC7(CC6)CNC7)c5)ccc4c23)C(=O)N1. The molecule has 1 spiro atoms. The van der Waals surface area contributed by atoms with Crippen LogP contribution in [-0.2, 0) is 0 Å². The summed E-state index contributed by atoms with van der Waals surface area (Å²) in [7, 11) is 0. The van der Waals surface area contributed by atoms with Gasteiger partial charge >= 0.3 is 0 Å². The third-order valence-corrected chi connectivity index (χ3v) is 9.18. The van der Waals surface area contributed by atoms with E-state index >= 15 is 0 Å². The van der Waals surface area contributed by atoms with E-state index < -0.39 is 0 Å². The van der Waals surface area contributed by atoms with Gasteiger partial charge in [0, 0.05) is 65.5 Å². The van der Waals surface area contributed by atoms with Crippen LogP contribution < -0.4 is 20.9 Å². The predicted molar refractivity (Wildman–Crippen MR) is 145 cm³/mol. The minimum Gasteiger partial charge on any atom is -0.381 e. The molecule has 4 aromatic rings. The van der Waals surface area contributed by atoms with Crippen LogP contribution in [0, 0.1) is 5.41 Å². The van der Waals surface area contributed by atoms with Crippen LogP contribution >= 0.6 is 11.3 Å². The van der Waals surface area contributed by atoms with Crippen LogP contribution in [-0.4, -0.2) is 49.7 Å². The molecule has 3 aliphatic rings. The summed E-state index contributed by atoms with van der Waals surface area (Å²) in [6, 6.07) is 17.4. The van der Waals surface area contributed by atoms with Crippen molar-refractivity contribution in [3.63, 3.8) is 0 Å². The van der Waals surface area contributed by atoms with Gasteiger partial charge in [0.25, 0.3) is 5.91 Å². The highest BCUT2D eigenvalue weighted by Crippen LogP contribution is 2.41. The zero-order valence-electron chi connectivity index (χ0n) is 19.9. The molecule has 5 heterocycles. The first-order valence-corrected chi connectivity index (χ1v) is 13.4. The summed E-state index contributed by atoms with van der Waals surface area (Å²) in [5.41, 5.74) is 5.86. The molecule has 6 nitrogen and oxygen atoms in total. The molecule has 1 amide bonds. The second kappa shape index (κ2) is 7.93. The predicted octanol–water partition coefficient (Wildman–Crippen LogP) is 4.85. The molecular weight excluding hydrogens is 454 g/mol. The van der Waals surface area contributed by atoms with E-state index in [1.807, 2.05) is 6.92 Å². The van der Waals surface area contributed by atoms with Gasteiger partial charge in [-0.25, -0.2) is 4.98 Å². The number of thiophene rings is 1. The molecule has 0 saturated carbocycles. The Kier molecular flexibility index (Phi) is 4.79. The molecule has 0 bridgehead atoms. The topological polar surface area (TPSA) is 69.3 Å². The summed E-state index contributed by atoms with van der Waals surface area (Å²) in [6.07, 6.45) is 2.54. The van der Waals surface area contributed by atoms with Crippen molar-refractivity contribution in [3.05, 3.63) is 53.4 Å². The number of nitrogens with zero attached hydrogens (tertiary/aromatic N) is 2. The largest absolute Gasteiger partial charge is 0.381 e. The Hall–Kier alpha value is -3.16. The fourth-order valence-electron chi connectivity index (χ4n) is 5.82. The number of anilines is 2. The molecule has 35 heavy (non-hydrogen) atoms. The van der Waals surface area contributed by atoms with Gasteiger partial charge in [0.1, 0.15) is 4.88 Å². The van der Waals surface area contributed by atoms with E-state index in [2.05, 4.69) is 69.4 Å². The van der Waals surface area contributed by atoms with Crippen LogP contribution in [0.4, 0.5) is 11.4 Å². The highest BCUT2D eigenvalue weighted by atomic mass is 32.1. The average Bonchev–Trinajstić information content (AvgIpc) is 3.19. The summed E-state index contributed by atoms with van der Waals surface area (Å²) >= 11 is 1.55. The van der Waals surface area contributed by atoms with E-state index in [1.54, 1.807) is 11.3 Å². The first-order chi connectivity index (χ1) is 17.1. The van der Waals surface area contributed by atoms with Crippen molar-refractivity contribution < 1.29 is 4.79 Å². The van der Waals surface area contributed by atoms with Gasteiger partial charge in [-0.1, -0.05) is 12.1 Å². The Bertz CT molecular complexity index is 1460. The van der Waals surface area contributed by atoms with Gasteiger partial charge in [0.05, 0.1) is 16.9 Å². The number of hydrogen-bond donors (Lipinski definition) is 3. The summed E-state index contributed by atoms with van der Waals surface area (Å²) in [6.45, 7) is 7.35. The van der Waals surface area contributed by atoms with E-state index in [0.29, 0.717) is 12.0 Å². The number of carbonyl (C=O) groups is 1. The molecule has 0 aliphatic carbocycles. The lowest BCUT2D eigenvalue weighted by Crippen LogP contribution is -2.58. The standard InChI is InChI=1S/C28H29N5OS/c1-17-14-30-25-24-20-5-6-21(32-22(20)7-8-23(24)35-26(25)27(34)31-17)18-3-2-4-19(13-18)33-11-9-28(10-12-33)15-29-16-28/h2-8,13,17,29-30H,9-12,14-16H2,1H3,(H,31,34)/t17-/m1/s1. The Morgan fingerprint density at radius 3 is 2.74 bits per heavy atom. The molecule has 178 valence electrons. The molecule has 1 atom stereocenters. The second-order valence-corrected chi connectivity index (χ2v) is 11.5. The monoisotopic (exact) mass is 483 g/mol. The summed E-state index contributed by atoms with van der Waals surface area (Å²) < 4.78 is 1.11. The molecule has 0 unspecified atom stereocenters. The van der Waals surface area contributed by atoms with Gasteiger partial charge in [-0.05, 0) is 61.6 Å². The van der Waals surface area contributed by atoms with Gasteiger partial charge in [0.15, 0.2) is 0 Å². The maximum Gasteiger partial charge on any atom is 0.263 e. The van der Waals surface area contributed by atoms with Gasteiger partial charge in [-0.3, -0.25) is 4.79 Å². The molecule has 2 aromatic heterocycles. The highest BCUT2D eigenvalue weighted by Gasteiger charge is 2.39. The first kappa shape index (κ1) is 21.1. The van der Waals surface area contributed by atoms with Crippen molar-refractivity contribution in [1.29, 1.82) is 0 Å². The number of aromatic nitrogens is 1. The summed E-state index contributed by atoms with van der Waals surface area (Å²) in [4.78, 5) is 21.1. The van der Waals surface area contributed by atoms with Crippen LogP contribution in [0.5, 0.6) is 0 Å². The third-order valence-electron chi connectivity index (χ3n) is 8.02. The van der Waals surface area contributed by atoms with E-state index in [-0.39, 0.29) is 11.9 Å². The van der Waals surface area contributed by atoms with E-state index in [1.165, 1.54) is 31.6 Å². The lowest BCUT2D eigenvalue weighted by Gasteiger charge is -2.49. The molecule has 2 fully saturated rings. The lowest BCUT2D eigenvalue weighted by atomic mass is 9.73. The molecular formula is C28H29N5OS. The minimum absolute atomic E-state index is 0.00505. The summed E-state index contributed by atoms with van der Waals surface area (Å²) in [5, 5.41) is 12.2. The van der Waals surface area contributed by atoms with Crippen LogP contribution in [0.3, 0.4) is 0 Å². The normalized spacial score (nSPS) is 21.3. The Balaban J connectivity index is 1.24. The van der Waals surface area contributed by atoms with Gasteiger partial charge in [-0.15, -0.1) is 11.3 Å². The molecule has 7 heteroatoms. The van der Waals surface area contributed by atoms with Gasteiger partial charge < -0.3 is 20.9 Å². The number of pyridine rings is 1. The zero-order chi connectivity index (χ0) is 23.6. The first-order valence-electron chi connectivity index (χ1n) is 12.6. The van der Waals surface area contributed by atoms with Crippen molar-refractivity contribution in [1.82, 2.24) is 15.6 Å². The molecule has 7 rings (SSSR count). The molecule has 3 N–H and O–H groups in total. The molecule has 0 radical (unpaired) electrons. The minimum atomic E-state index is 0.00505.